The van der Waals surface area contributed by atoms with Crippen LogP contribution in [-0.4, -0.2) is 18.3 Å². The Bertz CT molecular complexity index is 4110. The van der Waals surface area contributed by atoms with Gasteiger partial charge >= 0.3 is 0 Å². The van der Waals surface area contributed by atoms with Crippen LogP contribution in [0.1, 0.15) is 11.1 Å². The van der Waals surface area contributed by atoms with Gasteiger partial charge < -0.3 is 18.3 Å². The molecule has 9 aromatic carbocycles. The highest BCUT2D eigenvalue weighted by molar-refractivity contribution is 6.21. The molecule has 6 nitrogen and oxygen atoms in total. The molecule has 13 aromatic rings. The van der Waals surface area contributed by atoms with Crippen molar-refractivity contribution in [3.05, 3.63) is 205 Å². The van der Waals surface area contributed by atoms with Gasteiger partial charge in [0.25, 0.3) is 0 Å². The molecule has 0 saturated heterocycles. The summed E-state index contributed by atoms with van der Waals surface area (Å²) in [6.45, 7) is 0. The number of fused-ring (bicyclic) bond motifs is 12. The summed E-state index contributed by atoms with van der Waals surface area (Å²) in [4.78, 5) is 0. The molecule has 0 aliphatic carbocycles. The average molecular weight is 789 g/mol. The lowest BCUT2D eigenvalue weighted by molar-refractivity contribution is 1.11. The van der Waals surface area contributed by atoms with Gasteiger partial charge in [-0.1, -0.05) is 109 Å². The Labute approximate surface area is 354 Å². The number of para-hydroxylation sites is 6. The van der Waals surface area contributed by atoms with E-state index in [-0.39, 0.29) is 0 Å². The lowest BCUT2D eigenvalue weighted by Crippen LogP contribution is -2.06. The van der Waals surface area contributed by atoms with Gasteiger partial charge in [0.2, 0.25) is 0 Å². The normalized spacial score (nSPS) is 11.8. The van der Waals surface area contributed by atoms with E-state index in [1.165, 1.54) is 0 Å². The zero-order valence-electron chi connectivity index (χ0n) is 33.2. The third-order valence-corrected chi connectivity index (χ3v) is 12.8. The molecule has 0 radical (unpaired) electrons. The maximum atomic E-state index is 11.5. The fourth-order valence-corrected chi connectivity index (χ4v) is 10.3. The monoisotopic (exact) mass is 788 g/mol. The van der Waals surface area contributed by atoms with E-state index in [4.69, 9.17) is 0 Å². The molecule has 0 saturated carbocycles. The molecule has 0 N–H and O–H groups in total. The quantitative estimate of drug-likeness (QED) is 0.178. The maximum absolute atomic E-state index is 11.5. The zero-order chi connectivity index (χ0) is 41.1. The summed E-state index contributed by atoms with van der Waals surface area (Å²) in [5.74, 6) is 0. The van der Waals surface area contributed by atoms with Gasteiger partial charge in [-0.15, -0.1) is 0 Å². The van der Waals surface area contributed by atoms with Crippen LogP contribution in [0.15, 0.2) is 194 Å². The van der Waals surface area contributed by atoms with Crippen LogP contribution in [0.3, 0.4) is 0 Å². The number of hydrogen-bond acceptors (Lipinski definition) is 2. The Morgan fingerprint density at radius 1 is 0.290 bits per heavy atom. The van der Waals surface area contributed by atoms with Crippen molar-refractivity contribution >= 4 is 87.2 Å². The molecular formula is C56H32N6. The van der Waals surface area contributed by atoms with E-state index in [2.05, 4.69) is 194 Å². The third-order valence-electron chi connectivity index (χ3n) is 12.8. The molecule has 4 aromatic heterocycles. The van der Waals surface area contributed by atoms with Gasteiger partial charge in [0, 0.05) is 54.5 Å². The van der Waals surface area contributed by atoms with Crippen molar-refractivity contribution in [3.8, 4) is 34.9 Å². The van der Waals surface area contributed by atoms with Gasteiger partial charge in [-0.05, 0) is 84.9 Å². The molecule has 286 valence electrons. The van der Waals surface area contributed by atoms with Crippen LogP contribution in [0.4, 0.5) is 0 Å². The zero-order valence-corrected chi connectivity index (χ0v) is 33.2. The van der Waals surface area contributed by atoms with Gasteiger partial charge in [-0.3, -0.25) is 0 Å². The highest BCUT2D eigenvalue weighted by Crippen LogP contribution is 2.44. The van der Waals surface area contributed by atoms with E-state index in [1.807, 2.05) is 30.3 Å². The second kappa shape index (κ2) is 12.8. The van der Waals surface area contributed by atoms with Gasteiger partial charge in [0.1, 0.15) is 17.7 Å². The third kappa shape index (κ3) is 4.55. The van der Waals surface area contributed by atoms with Gasteiger partial charge in [-0.2, -0.15) is 10.5 Å². The molecule has 0 aliphatic rings. The van der Waals surface area contributed by atoms with Gasteiger partial charge in [0.15, 0.2) is 0 Å². The minimum Gasteiger partial charge on any atom is -0.309 e. The number of rotatable bonds is 4. The van der Waals surface area contributed by atoms with Crippen LogP contribution >= 0.6 is 0 Å². The Morgan fingerprint density at radius 2 is 0.645 bits per heavy atom. The molecule has 0 bridgehead atoms. The summed E-state index contributed by atoms with van der Waals surface area (Å²) in [6, 6.07) is 72.9. The van der Waals surface area contributed by atoms with Crippen molar-refractivity contribution < 1.29 is 0 Å². The van der Waals surface area contributed by atoms with E-state index in [0.29, 0.717) is 22.5 Å². The number of nitriles is 2. The number of benzene rings is 9. The highest BCUT2D eigenvalue weighted by Gasteiger charge is 2.26. The first-order valence-electron chi connectivity index (χ1n) is 20.7. The minimum atomic E-state index is 0.424. The Kier molecular flexibility index (Phi) is 7.05. The van der Waals surface area contributed by atoms with E-state index in [0.717, 1.165) is 98.6 Å². The van der Waals surface area contributed by atoms with Crippen LogP contribution in [0.2, 0.25) is 0 Å². The second-order valence-corrected chi connectivity index (χ2v) is 15.9. The SMILES string of the molecule is N#Cc1ccc(-n2c3ccccc3c3cc4c(cc32)c2ccccc2n4-c2ccccc2)c(C#N)c1-n1c2ccccc2c2cc3c(cc21)c1ccccc1n3-c1ccccc1. The molecule has 0 unspecified atom stereocenters. The smallest absolute Gasteiger partial charge is 0.104 e. The summed E-state index contributed by atoms with van der Waals surface area (Å²) in [5.41, 5.74) is 12.6. The molecule has 0 atom stereocenters. The van der Waals surface area contributed by atoms with Gasteiger partial charge in [-0.25, -0.2) is 0 Å². The first-order valence-corrected chi connectivity index (χ1v) is 20.7. The number of hydrogen-bond donors (Lipinski definition) is 0. The molecule has 4 heterocycles. The van der Waals surface area contributed by atoms with Crippen molar-refractivity contribution in [2.75, 3.05) is 0 Å². The van der Waals surface area contributed by atoms with Crippen molar-refractivity contribution in [2.45, 2.75) is 0 Å². The Balaban J connectivity index is 1.14. The lowest BCUT2D eigenvalue weighted by Gasteiger charge is -2.17. The topological polar surface area (TPSA) is 67.3 Å². The fraction of sp³-hybridized carbons (Fsp3) is 0. The Hall–Kier alpha value is -8.84. The van der Waals surface area contributed by atoms with Crippen LogP contribution in [0.25, 0.3) is 110 Å². The molecule has 0 fully saturated rings. The molecule has 62 heavy (non-hydrogen) atoms. The number of aromatic nitrogens is 4. The Morgan fingerprint density at radius 3 is 1.06 bits per heavy atom. The van der Waals surface area contributed by atoms with Crippen LogP contribution in [0, 0.1) is 22.7 Å². The number of nitrogens with zero attached hydrogens (tertiary/aromatic N) is 6. The molecule has 0 aliphatic heterocycles. The predicted molar refractivity (Wildman–Crippen MR) is 253 cm³/mol. The predicted octanol–water partition coefficient (Wildman–Crippen LogP) is 13.8. The summed E-state index contributed by atoms with van der Waals surface area (Å²) >= 11 is 0. The van der Waals surface area contributed by atoms with Gasteiger partial charge in [0.05, 0.1) is 61.1 Å². The fourth-order valence-electron chi connectivity index (χ4n) is 10.3. The summed E-state index contributed by atoms with van der Waals surface area (Å²) in [6.07, 6.45) is 0. The summed E-state index contributed by atoms with van der Waals surface area (Å²) in [5, 5.41) is 31.2. The van der Waals surface area contributed by atoms with E-state index in [1.54, 1.807) is 0 Å². The molecule has 0 spiro atoms. The van der Waals surface area contributed by atoms with Crippen molar-refractivity contribution in [2.24, 2.45) is 0 Å². The van der Waals surface area contributed by atoms with Crippen molar-refractivity contribution in [1.29, 1.82) is 10.5 Å². The second-order valence-electron chi connectivity index (χ2n) is 15.9. The summed E-state index contributed by atoms with van der Waals surface area (Å²) in [7, 11) is 0. The standard InChI is InChI=1S/C56H32N6/c57-33-35-27-28-51(61-49-25-13-9-21-40(49)44-29-52-42(31-54(44)61)38-19-7-11-23-47(38)59(52)36-15-3-1-4-16-36)46(34-58)56(35)62-50-26-14-10-22-41(50)45-30-53-43(32-55(45)62)39-20-8-12-24-48(39)60(53)37-17-5-2-6-18-37/h1-32H. The van der Waals surface area contributed by atoms with E-state index >= 15 is 0 Å². The largest absolute Gasteiger partial charge is 0.309 e. The van der Waals surface area contributed by atoms with E-state index in [9.17, 15) is 10.5 Å². The average Bonchev–Trinajstić information content (AvgIpc) is 4.04. The summed E-state index contributed by atoms with van der Waals surface area (Å²) < 4.78 is 9.04. The highest BCUT2D eigenvalue weighted by atomic mass is 15.0. The molecule has 13 rings (SSSR count). The molecule has 6 heteroatoms. The van der Waals surface area contributed by atoms with Crippen molar-refractivity contribution in [1.82, 2.24) is 18.3 Å². The van der Waals surface area contributed by atoms with Crippen LogP contribution < -0.4 is 0 Å². The van der Waals surface area contributed by atoms with Crippen LogP contribution in [-0.2, 0) is 0 Å². The first-order chi connectivity index (χ1) is 30.7. The van der Waals surface area contributed by atoms with Crippen molar-refractivity contribution in [3.63, 3.8) is 0 Å². The lowest BCUT2D eigenvalue weighted by atomic mass is 10.0. The van der Waals surface area contributed by atoms with Crippen LogP contribution in [0.5, 0.6) is 0 Å². The molecule has 0 amide bonds. The first kappa shape index (κ1) is 34.1. The van der Waals surface area contributed by atoms with E-state index < -0.39 is 0 Å². The maximum Gasteiger partial charge on any atom is 0.104 e. The minimum absolute atomic E-state index is 0.424. The molecular weight excluding hydrogens is 757 g/mol.